The Hall–Kier alpha value is -4.19. The van der Waals surface area contributed by atoms with E-state index in [1.807, 2.05) is 0 Å². The average molecular weight is 1140 g/mol. The van der Waals surface area contributed by atoms with Crippen LogP contribution in [-0.2, 0) is 28.6 Å². The number of carbonyl (C=O) groups is 3. The van der Waals surface area contributed by atoms with Crippen LogP contribution >= 0.6 is 0 Å². The molecule has 6 heteroatoms. The first kappa shape index (κ1) is 77.8. The molecule has 1 unspecified atom stereocenters. The summed E-state index contributed by atoms with van der Waals surface area (Å²) in [5.74, 6) is -0.886. The first-order valence-corrected chi connectivity index (χ1v) is 34.5. The van der Waals surface area contributed by atoms with Crippen LogP contribution in [-0.4, -0.2) is 37.2 Å². The summed E-state index contributed by atoms with van der Waals surface area (Å²) < 4.78 is 16.9. The zero-order valence-corrected chi connectivity index (χ0v) is 53.7. The van der Waals surface area contributed by atoms with Gasteiger partial charge in [-0.3, -0.25) is 14.4 Å². The monoisotopic (exact) mass is 1140 g/mol. The van der Waals surface area contributed by atoms with Gasteiger partial charge in [0.25, 0.3) is 0 Å². The standard InChI is InChI=1S/C76H128O6/c1-4-7-10-13-16-19-22-25-27-29-31-32-33-34-35-36-37-38-39-40-41-42-43-44-46-47-49-51-54-57-60-63-66-69-75(78)81-72-73(71-80-74(77)68-65-62-59-56-53-24-21-18-15-12-9-6-3)82-76(79)70-67-64-61-58-55-52-50-48-45-30-28-26-23-20-17-14-11-8-5-2/h7-8,10-11,16-17,19-20,25-28,31-32,34-35,37-38,45,48,73H,4-6,9,12-15,18,21-24,29-30,33,36,39-44,46-47,49-72H2,1-3H3/b10-7-,11-8-,19-16-,20-17-,27-25-,28-26-,32-31-,35-34-,38-37-,48-45-. The van der Waals surface area contributed by atoms with Gasteiger partial charge in [0.05, 0.1) is 0 Å². The molecule has 0 aliphatic rings. The number of rotatable bonds is 62. The van der Waals surface area contributed by atoms with Crippen LogP contribution in [0.15, 0.2) is 122 Å². The average Bonchev–Trinajstić information content (AvgIpc) is 3.47. The van der Waals surface area contributed by atoms with Gasteiger partial charge in [-0.2, -0.15) is 0 Å². The molecule has 0 spiro atoms. The van der Waals surface area contributed by atoms with E-state index in [4.69, 9.17) is 14.2 Å². The third kappa shape index (κ3) is 66.6. The third-order valence-corrected chi connectivity index (χ3v) is 14.7. The van der Waals surface area contributed by atoms with Crippen molar-refractivity contribution in [3.8, 4) is 0 Å². The van der Waals surface area contributed by atoms with Crippen LogP contribution in [0.4, 0.5) is 0 Å². The Morgan fingerprint density at radius 3 is 0.744 bits per heavy atom. The summed E-state index contributed by atoms with van der Waals surface area (Å²) >= 11 is 0. The molecule has 468 valence electrons. The zero-order valence-electron chi connectivity index (χ0n) is 53.7. The highest BCUT2D eigenvalue weighted by atomic mass is 16.6. The quantitative estimate of drug-likeness (QED) is 0.0261. The van der Waals surface area contributed by atoms with E-state index in [-0.39, 0.29) is 31.1 Å². The lowest BCUT2D eigenvalue weighted by Gasteiger charge is -2.18. The van der Waals surface area contributed by atoms with Crippen LogP contribution in [0.3, 0.4) is 0 Å². The summed E-state index contributed by atoms with van der Waals surface area (Å²) in [5.41, 5.74) is 0. The zero-order chi connectivity index (χ0) is 59.2. The maximum atomic E-state index is 12.9. The highest BCUT2D eigenvalue weighted by molar-refractivity contribution is 5.71. The van der Waals surface area contributed by atoms with E-state index in [9.17, 15) is 14.4 Å². The number of carbonyl (C=O) groups excluding carboxylic acids is 3. The fourth-order valence-electron chi connectivity index (χ4n) is 9.62. The van der Waals surface area contributed by atoms with Gasteiger partial charge < -0.3 is 14.2 Å². The molecule has 1 atom stereocenters. The topological polar surface area (TPSA) is 78.9 Å². The van der Waals surface area contributed by atoms with Crippen molar-refractivity contribution < 1.29 is 28.6 Å². The van der Waals surface area contributed by atoms with E-state index in [2.05, 4.69) is 142 Å². The Morgan fingerprint density at radius 1 is 0.256 bits per heavy atom. The minimum absolute atomic E-state index is 0.0816. The predicted molar refractivity (Wildman–Crippen MR) is 357 cm³/mol. The molecule has 6 nitrogen and oxygen atoms in total. The lowest BCUT2D eigenvalue weighted by Crippen LogP contribution is -2.30. The van der Waals surface area contributed by atoms with Crippen LogP contribution in [0.1, 0.15) is 323 Å². The summed E-state index contributed by atoms with van der Waals surface area (Å²) in [4.78, 5) is 38.4. The maximum Gasteiger partial charge on any atom is 0.306 e. The van der Waals surface area contributed by atoms with Gasteiger partial charge in [-0.1, -0.05) is 316 Å². The molecule has 0 aromatic carbocycles. The van der Waals surface area contributed by atoms with Crippen LogP contribution in [0.5, 0.6) is 0 Å². The molecule has 0 aliphatic carbocycles. The number of hydrogen-bond donors (Lipinski definition) is 0. The Kier molecular flexibility index (Phi) is 65.8. The van der Waals surface area contributed by atoms with Crippen molar-refractivity contribution in [1.29, 1.82) is 0 Å². The van der Waals surface area contributed by atoms with Crippen molar-refractivity contribution in [3.63, 3.8) is 0 Å². The fourth-order valence-corrected chi connectivity index (χ4v) is 9.62. The third-order valence-electron chi connectivity index (χ3n) is 14.7. The van der Waals surface area contributed by atoms with Gasteiger partial charge in [-0.15, -0.1) is 0 Å². The fraction of sp³-hybridized carbons (Fsp3) is 0.697. The Labute approximate surface area is 507 Å². The van der Waals surface area contributed by atoms with Crippen molar-refractivity contribution in [1.82, 2.24) is 0 Å². The molecule has 0 saturated heterocycles. The molecule has 0 N–H and O–H groups in total. The van der Waals surface area contributed by atoms with E-state index in [1.165, 1.54) is 148 Å². The van der Waals surface area contributed by atoms with Crippen molar-refractivity contribution >= 4 is 17.9 Å². The molecule has 0 radical (unpaired) electrons. The maximum absolute atomic E-state index is 12.9. The first-order valence-electron chi connectivity index (χ1n) is 34.5. The van der Waals surface area contributed by atoms with Gasteiger partial charge in [0.15, 0.2) is 6.10 Å². The number of unbranched alkanes of at least 4 members (excludes halogenated alkanes) is 31. The number of allylic oxidation sites excluding steroid dienone is 20. The molecule has 0 rings (SSSR count). The molecular formula is C76H128O6. The smallest absolute Gasteiger partial charge is 0.306 e. The normalized spacial score (nSPS) is 12.9. The molecular weight excluding hydrogens is 1010 g/mol. The Morgan fingerprint density at radius 2 is 0.476 bits per heavy atom. The largest absolute Gasteiger partial charge is 0.462 e. The molecule has 0 heterocycles. The second kappa shape index (κ2) is 69.3. The van der Waals surface area contributed by atoms with Gasteiger partial charge in [0.1, 0.15) is 13.2 Å². The van der Waals surface area contributed by atoms with Crippen molar-refractivity contribution in [2.75, 3.05) is 13.2 Å². The van der Waals surface area contributed by atoms with E-state index in [0.717, 1.165) is 135 Å². The highest BCUT2D eigenvalue weighted by Gasteiger charge is 2.19. The summed E-state index contributed by atoms with van der Waals surface area (Å²) in [6.45, 7) is 6.42. The molecule has 0 saturated carbocycles. The minimum Gasteiger partial charge on any atom is -0.462 e. The summed E-state index contributed by atoms with van der Waals surface area (Å²) in [6, 6.07) is 0. The Balaban J connectivity index is 4.22. The highest BCUT2D eigenvalue weighted by Crippen LogP contribution is 2.17. The Bertz CT molecular complexity index is 1690. The molecule has 0 bridgehead atoms. The van der Waals surface area contributed by atoms with Crippen molar-refractivity contribution in [3.05, 3.63) is 122 Å². The summed E-state index contributed by atoms with van der Waals surface area (Å²) in [5, 5.41) is 0. The number of hydrogen-bond acceptors (Lipinski definition) is 6. The van der Waals surface area contributed by atoms with E-state index < -0.39 is 6.10 Å². The molecule has 0 aromatic rings. The van der Waals surface area contributed by atoms with Gasteiger partial charge >= 0.3 is 17.9 Å². The minimum atomic E-state index is -0.787. The second-order valence-corrected chi connectivity index (χ2v) is 22.7. The van der Waals surface area contributed by atoms with E-state index in [0.29, 0.717) is 19.3 Å². The first-order chi connectivity index (χ1) is 40.5. The lowest BCUT2D eigenvalue weighted by atomic mass is 10.0. The van der Waals surface area contributed by atoms with E-state index >= 15 is 0 Å². The number of ether oxygens (including phenoxy) is 3. The lowest BCUT2D eigenvalue weighted by molar-refractivity contribution is -0.167. The van der Waals surface area contributed by atoms with Gasteiger partial charge in [0, 0.05) is 19.3 Å². The van der Waals surface area contributed by atoms with Gasteiger partial charge in [-0.05, 0) is 109 Å². The predicted octanol–water partition coefficient (Wildman–Crippen LogP) is 23.9. The summed E-state index contributed by atoms with van der Waals surface area (Å²) in [6.07, 6.45) is 96.5. The molecule has 0 aliphatic heterocycles. The molecule has 0 aromatic heterocycles. The molecule has 0 amide bonds. The van der Waals surface area contributed by atoms with Crippen LogP contribution in [0, 0.1) is 0 Å². The van der Waals surface area contributed by atoms with Crippen LogP contribution in [0.25, 0.3) is 0 Å². The SMILES string of the molecule is CC/C=C\C/C=C\C/C=C\C/C=C\C/C=C\C/C=C\CCCCCCCCCCCCCCCCC(=O)OCC(COC(=O)CCCCCCCCCCCCCC)OC(=O)CCCCCCCC/C=C\C/C=C\C/C=C\C/C=C\CC. The van der Waals surface area contributed by atoms with Gasteiger partial charge in [-0.25, -0.2) is 0 Å². The van der Waals surface area contributed by atoms with Gasteiger partial charge in [0.2, 0.25) is 0 Å². The molecule has 82 heavy (non-hydrogen) atoms. The van der Waals surface area contributed by atoms with E-state index in [1.54, 1.807) is 0 Å². The van der Waals surface area contributed by atoms with Crippen molar-refractivity contribution in [2.24, 2.45) is 0 Å². The van der Waals surface area contributed by atoms with Crippen molar-refractivity contribution in [2.45, 2.75) is 329 Å². The number of esters is 3. The molecule has 0 fully saturated rings. The summed E-state index contributed by atoms with van der Waals surface area (Å²) in [7, 11) is 0. The van der Waals surface area contributed by atoms with Crippen LogP contribution in [0.2, 0.25) is 0 Å². The second-order valence-electron chi connectivity index (χ2n) is 22.7. The van der Waals surface area contributed by atoms with Crippen LogP contribution < -0.4 is 0 Å².